The molecule has 2 amide bonds. The van der Waals surface area contributed by atoms with Gasteiger partial charge in [0.05, 0.1) is 17.5 Å². The van der Waals surface area contributed by atoms with Gasteiger partial charge in [-0.25, -0.2) is 4.98 Å². The van der Waals surface area contributed by atoms with Crippen molar-refractivity contribution in [2.75, 3.05) is 11.1 Å². The van der Waals surface area contributed by atoms with Crippen LogP contribution in [-0.4, -0.2) is 28.0 Å². The normalized spacial score (nSPS) is 18.5. The predicted octanol–water partition coefficient (Wildman–Crippen LogP) is 4.23. The number of nitrogens with zero attached hydrogens (tertiary/aromatic N) is 1. The molecule has 0 radical (unpaired) electrons. The third-order valence-electron chi connectivity index (χ3n) is 4.92. The summed E-state index contributed by atoms with van der Waals surface area (Å²) in [6.07, 6.45) is 0.351. The highest BCUT2D eigenvalue weighted by atomic mass is 32.2. The SMILES string of the molecule is Cc1ccc(NC(=O)CSC2NC(=O)CC(c3sc(-c4ccccc4)nc3C)N2)cc1. The Balaban J connectivity index is 1.38. The second kappa shape index (κ2) is 9.64. The molecule has 1 aliphatic heterocycles. The van der Waals surface area contributed by atoms with E-state index in [0.29, 0.717) is 6.42 Å². The van der Waals surface area contributed by atoms with Gasteiger partial charge in [0.15, 0.2) is 0 Å². The Morgan fingerprint density at radius 2 is 1.90 bits per heavy atom. The van der Waals surface area contributed by atoms with Gasteiger partial charge in [0.2, 0.25) is 11.8 Å². The van der Waals surface area contributed by atoms with Crippen LogP contribution in [0.3, 0.4) is 0 Å². The van der Waals surface area contributed by atoms with Gasteiger partial charge in [-0.15, -0.1) is 23.1 Å². The van der Waals surface area contributed by atoms with Crippen molar-refractivity contribution in [1.82, 2.24) is 15.6 Å². The van der Waals surface area contributed by atoms with Crippen molar-refractivity contribution in [3.05, 3.63) is 70.7 Å². The van der Waals surface area contributed by atoms with Gasteiger partial charge in [-0.1, -0.05) is 48.0 Å². The molecular formula is C23H24N4O2S2. The molecule has 2 heterocycles. The largest absolute Gasteiger partial charge is 0.332 e. The van der Waals surface area contributed by atoms with Gasteiger partial charge in [-0.3, -0.25) is 14.9 Å². The van der Waals surface area contributed by atoms with Gasteiger partial charge in [0.25, 0.3) is 0 Å². The predicted molar refractivity (Wildman–Crippen MR) is 127 cm³/mol. The van der Waals surface area contributed by atoms with Gasteiger partial charge in [0, 0.05) is 22.5 Å². The van der Waals surface area contributed by atoms with Gasteiger partial charge < -0.3 is 10.6 Å². The molecule has 0 saturated carbocycles. The van der Waals surface area contributed by atoms with Crippen LogP contribution in [0.15, 0.2) is 54.6 Å². The summed E-state index contributed by atoms with van der Waals surface area (Å²) < 4.78 is 0. The molecule has 3 aromatic rings. The van der Waals surface area contributed by atoms with Crippen LogP contribution >= 0.6 is 23.1 Å². The van der Waals surface area contributed by atoms with Crippen molar-refractivity contribution in [3.8, 4) is 10.6 Å². The van der Waals surface area contributed by atoms with E-state index in [1.165, 1.54) is 11.8 Å². The van der Waals surface area contributed by atoms with Crippen LogP contribution < -0.4 is 16.0 Å². The molecule has 160 valence electrons. The fourth-order valence-corrected chi connectivity index (χ4v) is 5.36. The molecule has 4 rings (SSSR count). The van der Waals surface area contributed by atoms with Gasteiger partial charge >= 0.3 is 0 Å². The van der Waals surface area contributed by atoms with E-state index in [4.69, 9.17) is 4.98 Å². The van der Waals surface area contributed by atoms with E-state index >= 15 is 0 Å². The summed E-state index contributed by atoms with van der Waals surface area (Å²) in [5, 5.41) is 10.2. The first kappa shape index (κ1) is 21.5. The number of aromatic nitrogens is 1. The standard InChI is InChI=1S/C23H24N4O2S2/c1-14-8-10-17(11-9-14)25-20(29)13-30-23-26-18(12-19(28)27-23)21-15(2)24-22(31-21)16-6-4-3-5-7-16/h3-11,18,23,26H,12-13H2,1-2H3,(H,25,29)(H,27,28). The Morgan fingerprint density at radius 1 is 1.16 bits per heavy atom. The number of hydrogen-bond donors (Lipinski definition) is 3. The van der Waals surface area contributed by atoms with Crippen LogP contribution in [0.5, 0.6) is 0 Å². The number of amides is 2. The van der Waals surface area contributed by atoms with Gasteiger partial charge in [0.1, 0.15) is 10.5 Å². The summed E-state index contributed by atoms with van der Waals surface area (Å²) in [5.41, 5.74) is 3.57. The minimum Gasteiger partial charge on any atom is -0.332 e. The highest BCUT2D eigenvalue weighted by Gasteiger charge is 2.30. The smallest absolute Gasteiger partial charge is 0.234 e. The van der Waals surface area contributed by atoms with E-state index in [0.717, 1.165) is 32.4 Å². The summed E-state index contributed by atoms with van der Waals surface area (Å²) in [5.74, 6) is 0.0942. The summed E-state index contributed by atoms with van der Waals surface area (Å²) in [4.78, 5) is 30.4. The van der Waals surface area contributed by atoms with Crippen molar-refractivity contribution in [2.24, 2.45) is 0 Å². The van der Waals surface area contributed by atoms with E-state index in [9.17, 15) is 9.59 Å². The molecule has 3 N–H and O–H groups in total. The molecule has 1 fully saturated rings. The second-order valence-corrected chi connectivity index (χ2v) is 9.55. The number of nitrogens with one attached hydrogen (secondary N) is 3. The molecule has 2 aromatic carbocycles. The van der Waals surface area contributed by atoms with Crippen LogP contribution in [0.2, 0.25) is 0 Å². The lowest BCUT2D eigenvalue weighted by atomic mass is 10.1. The third kappa shape index (κ3) is 5.52. The first-order chi connectivity index (χ1) is 15.0. The average molecular weight is 453 g/mol. The number of carbonyl (C=O) groups excluding carboxylic acids is 2. The molecule has 2 unspecified atom stereocenters. The first-order valence-electron chi connectivity index (χ1n) is 10.0. The fraction of sp³-hybridized carbons (Fsp3) is 0.261. The van der Waals surface area contributed by atoms with Crippen LogP contribution in [0.4, 0.5) is 5.69 Å². The summed E-state index contributed by atoms with van der Waals surface area (Å²) in [7, 11) is 0. The van der Waals surface area contributed by atoms with Gasteiger partial charge in [-0.05, 0) is 26.0 Å². The molecule has 0 aliphatic carbocycles. The zero-order valence-corrected chi connectivity index (χ0v) is 19.0. The monoisotopic (exact) mass is 452 g/mol. The minimum atomic E-state index is -0.336. The van der Waals surface area contributed by atoms with Crippen LogP contribution in [0.1, 0.15) is 28.6 Å². The number of thioether (sulfide) groups is 1. The highest BCUT2D eigenvalue weighted by Crippen LogP contribution is 2.34. The topological polar surface area (TPSA) is 83.1 Å². The third-order valence-corrected chi connectivity index (χ3v) is 7.26. The fourth-order valence-electron chi connectivity index (χ4n) is 3.36. The van der Waals surface area contributed by atoms with E-state index in [1.54, 1.807) is 11.3 Å². The molecule has 1 aromatic heterocycles. The number of hydrogen-bond acceptors (Lipinski definition) is 6. The van der Waals surface area contributed by atoms with E-state index in [2.05, 4.69) is 16.0 Å². The maximum Gasteiger partial charge on any atom is 0.234 e. The van der Waals surface area contributed by atoms with Crippen LogP contribution in [0.25, 0.3) is 10.6 Å². The van der Waals surface area contributed by atoms with Crippen molar-refractivity contribution >= 4 is 40.6 Å². The quantitative estimate of drug-likeness (QED) is 0.521. The number of anilines is 1. The molecule has 2 atom stereocenters. The minimum absolute atomic E-state index is 0.0331. The lowest BCUT2D eigenvalue weighted by molar-refractivity contribution is -0.123. The maximum atomic E-state index is 12.3. The zero-order chi connectivity index (χ0) is 21.8. The van der Waals surface area contributed by atoms with Crippen LogP contribution in [0, 0.1) is 13.8 Å². The van der Waals surface area contributed by atoms with Crippen molar-refractivity contribution in [3.63, 3.8) is 0 Å². The highest BCUT2D eigenvalue weighted by molar-refractivity contribution is 8.00. The van der Waals surface area contributed by atoms with Crippen LogP contribution in [-0.2, 0) is 9.59 Å². The Morgan fingerprint density at radius 3 is 2.65 bits per heavy atom. The van der Waals surface area contributed by atoms with E-state index in [-0.39, 0.29) is 29.1 Å². The lowest BCUT2D eigenvalue weighted by Gasteiger charge is -2.30. The molecule has 1 aliphatic rings. The maximum absolute atomic E-state index is 12.3. The zero-order valence-electron chi connectivity index (χ0n) is 17.3. The molecular weight excluding hydrogens is 428 g/mol. The van der Waals surface area contributed by atoms with Crippen molar-refractivity contribution in [2.45, 2.75) is 31.8 Å². The molecule has 8 heteroatoms. The Kier molecular flexibility index (Phi) is 6.70. The first-order valence-corrected chi connectivity index (χ1v) is 11.9. The molecule has 31 heavy (non-hydrogen) atoms. The second-order valence-electron chi connectivity index (χ2n) is 7.43. The van der Waals surface area contributed by atoms with E-state index < -0.39 is 0 Å². The number of carbonyl (C=O) groups is 2. The van der Waals surface area contributed by atoms with E-state index in [1.807, 2.05) is 68.4 Å². The molecule has 0 spiro atoms. The number of thiazole rings is 1. The Bertz CT molecular complexity index is 1070. The summed E-state index contributed by atoms with van der Waals surface area (Å²) in [6.45, 7) is 3.98. The summed E-state index contributed by atoms with van der Waals surface area (Å²) >= 11 is 2.98. The molecule has 1 saturated heterocycles. The van der Waals surface area contributed by atoms with Gasteiger partial charge in [-0.2, -0.15) is 0 Å². The number of aryl methyl sites for hydroxylation is 2. The Labute approximate surface area is 189 Å². The molecule has 0 bridgehead atoms. The molecule has 6 nitrogen and oxygen atoms in total. The number of benzene rings is 2. The lowest BCUT2D eigenvalue weighted by Crippen LogP contribution is -2.51. The van der Waals surface area contributed by atoms with Crippen molar-refractivity contribution in [1.29, 1.82) is 0 Å². The average Bonchev–Trinajstić information content (AvgIpc) is 3.16. The van der Waals surface area contributed by atoms with Crippen molar-refractivity contribution < 1.29 is 9.59 Å². The number of rotatable bonds is 6. The Hall–Kier alpha value is -2.68. The summed E-state index contributed by atoms with van der Waals surface area (Å²) in [6, 6.07) is 17.6.